The van der Waals surface area contributed by atoms with Crippen molar-refractivity contribution in [1.82, 2.24) is 9.88 Å². The lowest BCUT2D eigenvalue weighted by Gasteiger charge is -2.35. The molecule has 0 bridgehead atoms. The first-order valence-corrected chi connectivity index (χ1v) is 10.6. The SMILES string of the molecule is I.NC(=NCc1cccc(OCc2ccccc2)c1)N1CCN(c2nccs2)CC1. The minimum absolute atomic E-state index is 0. The van der Waals surface area contributed by atoms with E-state index in [4.69, 9.17) is 10.5 Å². The number of benzene rings is 2. The summed E-state index contributed by atoms with van der Waals surface area (Å²) in [5.74, 6) is 1.44. The molecular weight excluding hydrogens is 509 g/mol. The van der Waals surface area contributed by atoms with Gasteiger partial charge in [-0.1, -0.05) is 42.5 Å². The fraction of sp³-hybridized carbons (Fsp3) is 0.273. The fourth-order valence-electron chi connectivity index (χ4n) is 3.25. The van der Waals surface area contributed by atoms with Gasteiger partial charge in [0.1, 0.15) is 12.4 Å². The molecule has 0 amide bonds. The van der Waals surface area contributed by atoms with Crippen molar-refractivity contribution in [2.24, 2.45) is 10.7 Å². The van der Waals surface area contributed by atoms with Gasteiger partial charge in [0.25, 0.3) is 0 Å². The molecule has 2 heterocycles. The summed E-state index contributed by atoms with van der Waals surface area (Å²) in [5, 5.41) is 3.09. The van der Waals surface area contributed by atoms with E-state index < -0.39 is 0 Å². The van der Waals surface area contributed by atoms with Crippen LogP contribution in [0.2, 0.25) is 0 Å². The number of thiazole rings is 1. The third-order valence-corrected chi connectivity index (χ3v) is 5.70. The average molecular weight is 535 g/mol. The number of anilines is 1. The van der Waals surface area contributed by atoms with E-state index in [2.05, 4.69) is 31.9 Å². The second-order valence-corrected chi connectivity index (χ2v) is 7.76. The molecule has 0 aliphatic carbocycles. The second kappa shape index (κ2) is 11.2. The minimum atomic E-state index is 0. The zero-order valence-electron chi connectivity index (χ0n) is 16.7. The number of ether oxygens (including phenoxy) is 1. The molecule has 0 atom stereocenters. The van der Waals surface area contributed by atoms with Crippen LogP contribution in [-0.2, 0) is 13.2 Å². The topological polar surface area (TPSA) is 67.0 Å². The van der Waals surface area contributed by atoms with E-state index in [0.717, 1.165) is 48.2 Å². The number of hydrogen-bond donors (Lipinski definition) is 1. The summed E-state index contributed by atoms with van der Waals surface area (Å²) in [6.07, 6.45) is 1.85. The Kier molecular flexibility index (Phi) is 8.32. The van der Waals surface area contributed by atoms with E-state index in [9.17, 15) is 0 Å². The smallest absolute Gasteiger partial charge is 0.191 e. The third kappa shape index (κ3) is 6.09. The van der Waals surface area contributed by atoms with Gasteiger partial charge in [0.15, 0.2) is 11.1 Å². The van der Waals surface area contributed by atoms with Gasteiger partial charge in [-0.25, -0.2) is 9.98 Å². The number of aliphatic imine (C=N–C) groups is 1. The van der Waals surface area contributed by atoms with Crippen molar-refractivity contribution in [2.75, 3.05) is 31.1 Å². The Balaban J connectivity index is 0.00000256. The normalized spacial score (nSPS) is 14.3. The van der Waals surface area contributed by atoms with Gasteiger partial charge < -0.3 is 20.3 Å². The third-order valence-electron chi connectivity index (χ3n) is 4.86. The predicted molar refractivity (Wildman–Crippen MR) is 134 cm³/mol. The molecule has 1 aliphatic rings. The summed E-state index contributed by atoms with van der Waals surface area (Å²) in [6, 6.07) is 18.2. The number of halogens is 1. The van der Waals surface area contributed by atoms with E-state index in [0.29, 0.717) is 19.1 Å². The molecule has 1 saturated heterocycles. The highest BCUT2D eigenvalue weighted by molar-refractivity contribution is 14.0. The maximum atomic E-state index is 6.25. The molecule has 3 aromatic rings. The first-order valence-electron chi connectivity index (χ1n) is 9.73. The molecule has 0 spiro atoms. The highest BCUT2D eigenvalue weighted by atomic mass is 127. The van der Waals surface area contributed by atoms with Crippen LogP contribution in [0.1, 0.15) is 11.1 Å². The Labute approximate surface area is 198 Å². The standard InChI is InChI=1S/C22H25N5OS.HI/c23-21(26-10-12-27(13-11-26)22-24-9-14-29-22)25-16-19-7-4-8-20(15-19)28-17-18-5-2-1-3-6-18;/h1-9,14-15H,10-13,16-17H2,(H2,23,25);1H. The Morgan fingerprint density at radius 1 is 1.03 bits per heavy atom. The van der Waals surface area contributed by atoms with E-state index in [1.165, 1.54) is 0 Å². The van der Waals surface area contributed by atoms with Gasteiger partial charge in [0, 0.05) is 37.8 Å². The molecule has 1 aromatic heterocycles. The second-order valence-electron chi connectivity index (χ2n) is 6.88. The van der Waals surface area contributed by atoms with Gasteiger partial charge in [0.2, 0.25) is 0 Å². The summed E-state index contributed by atoms with van der Waals surface area (Å²) >= 11 is 1.67. The monoisotopic (exact) mass is 535 g/mol. The van der Waals surface area contributed by atoms with Gasteiger partial charge in [-0.05, 0) is 23.3 Å². The number of hydrogen-bond acceptors (Lipinski definition) is 5. The average Bonchev–Trinajstić information content (AvgIpc) is 3.32. The van der Waals surface area contributed by atoms with Crippen molar-refractivity contribution in [1.29, 1.82) is 0 Å². The number of rotatable bonds is 6. The molecule has 2 aromatic carbocycles. The van der Waals surface area contributed by atoms with Crippen LogP contribution in [0, 0.1) is 0 Å². The lowest BCUT2D eigenvalue weighted by molar-refractivity contribution is 0.306. The molecule has 0 saturated carbocycles. The van der Waals surface area contributed by atoms with Crippen molar-refractivity contribution in [3.05, 3.63) is 77.3 Å². The van der Waals surface area contributed by atoms with Crippen LogP contribution in [0.15, 0.2) is 71.2 Å². The molecule has 0 unspecified atom stereocenters. The lowest BCUT2D eigenvalue weighted by atomic mass is 10.2. The summed E-state index contributed by atoms with van der Waals surface area (Å²) in [4.78, 5) is 13.4. The summed E-state index contributed by atoms with van der Waals surface area (Å²) in [6.45, 7) is 4.63. The van der Waals surface area contributed by atoms with E-state index in [1.807, 2.05) is 54.0 Å². The van der Waals surface area contributed by atoms with Crippen LogP contribution in [-0.4, -0.2) is 42.0 Å². The van der Waals surface area contributed by atoms with Gasteiger partial charge in [-0.15, -0.1) is 35.3 Å². The Morgan fingerprint density at radius 3 is 2.53 bits per heavy atom. The number of guanidine groups is 1. The van der Waals surface area contributed by atoms with Crippen LogP contribution in [0.4, 0.5) is 5.13 Å². The van der Waals surface area contributed by atoms with Gasteiger partial charge in [-0.2, -0.15) is 0 Å². The van der Waals surface area contributed by atoms with Crippen LogP contribution in [0.25, 0.3) is 0 Å². The number of aromatic nitrogens is 1. The summed E-state index contributed by atoms with van der Waals surface area (Å²) in [5.41, 5.74) is 8.48. The predicted octanol–water partition coefficient (Wildman–Crippen LogP) is 3.98. The maximum Gasteiger partial charge on any atom is 0.191 e. The molecule has 1 aliphatic heterocycles. The molecular formula is C22H26IN5OS. The largest absolute Gasteiger partial charge is 0.489 e. The highest BCUT2D eigenvalue weighted by Gasteiger charge is 2.19. The van der Waals surface area contributed by atoms with Crippen molar-refractivity contribution in [2.45, 2.75) is 13.2 Å². The van der Waals surface area contributed by atoms with E-state index >= 15 is 0 Å². The highest BCUT2D eigenvalue weighted by Crippen LogP contribution is 2.19. The van der Waals surface area contributed by atoms with Crippen molar-refractivity contribution in [3.8, 4) is 5.75 Å². The Hall–Kier alpha value is -2.33. The lowest BCUT2D eigenvalue weighted by Crippen LogP contribution is -2.51. The molecule has 2 N–H and O–H groups in total. The zero-order chi connectivity index (χ0) is 19.9. The summed E-state index contributed by atoms with van der Waals surface area (Å²) < 4.78 is 5.90. The number of nitrogens with zero attached hydrogens (tertiary/aromatic N) is 4. The van der Waals surface area contributed by atoms with Crippen LogP contribution >= 0.6 is 35.3 Å². The fourth-order valence-corrected chi connectivity index (χ4v) is 3.94. The van der Waals surface area contributed by atoms with Gasteiger partial charge >= 0.3 is 0 Å². The number of nitrogens with two attached hydrogens (primary N) is 1. The molecule has 0 radical (unpaired) electrons. The summed E-state index contributed by atoms with van der Waals surface area (Å²) in [7, 11) is 0. The van der Waals surface area contributed by atoms with Crippen molar-refractivity contribution >= 4 is 46.4 Å². The van der Waals surface area contributed by atoms with Crippen molar-refractivity contribution in [3.63, 3.8) is 0 Å². The quantitative estimate of drug-likeness (QED) is 0.294. The maximum absolute atomic E-state index is 6.25. The Morgan fingerprint density at radius 2 is 1.80 bits per heavy atom. The molecule has 8 heteroatoms. The molecule has 4 rings (SSSR count). The Bertz CT molecular complexity index is 928. The first kappa shape index (κ1) is 22.4. The van der Waals surface area contributed by atoms with Crippen LogP contribution < -0.4 is 15.4 Å². The minimum Gasteiger partial charge on any atom is -0.489 e. The van der Waals surface area contributed by atoms with E-state index in [-0.39, 0.29) is 24.0 Å². The first-order chi connectivity index (χ1) is 14.3. The number of piperazine rings is 1. The van der Waals surface area contributed by atoms with E-state index in [1.54, 1.807) is 11.3 Å². The van der Waals surface area contributed by atoms with Gasteiger partial charge in [-0.3, -0.25) is 0 Å². The van der Waals surface area contributed by atoms with Crippen LogP contribution in [0.3, 0.4) is 0 Å². The zero-order valence-corrected chi connectivity index (χ0v) is 19.8. The molecule has 6 nitrogen and oxygen atoms in total. The molecule has 30 heavy (non-hydrogen) atoms. The van der Waals surface area contributed by atoms with Gasteiger partial charge in [0.05, 0.1) is 6.54 Å². The van der Waals surface area contributed by atoms with Crippen molar-refractivity contribution < 1.29 is 4.74 Å². The molecule has 1 fully saturated rings. The molecule has 158 valence electrons. The van der Waals surface area contributed by atoms with Crippen LogP contribution in [0.5, 0.6) is 5.75 Å².